The van der Waals surface area contributed by atoms with E-state index >= 15 is 0 Å². The monoisotopic (exact) mass is 314 g/mol. The minimum atomic E-state index is -1.35. The summed E-state index contributed by atoms with van der Waals surface area (Å²) in [7, 11) is 0. The molecule has 1 heterocycles. The number of thiazole rings is 1. The number of hydrogen-bond acceptors (Lipinski definition) is 5. The maximum atomic E-state index is 11.8. The van der Waals surface area contributed by atoms with E-state index < -0.39 is 30.4 Å². The largest absolute Gasteiger partial charge is 0.480 e. The van der Waals surface area contributed by atoms with Gasteiger partial charge in [0.1, 0.15) is 6.04 Å². The molecule has 21 heavy (non-hydrogen) atoms. The van der Waals surface area contributed by atoms with Gasteiger partial charge in [0.25, 0.3) is 0 Å². The molecule has 0 aliphatic carbocycles. The molecule has 0 aromatic carbocycles. The Bertz CT molecular complexity index is 557. The van der Waals surface area contributed by atoms with Gasteiger partial charge in [-0.25, -0.2) is 14.6 Å². The summed E-state index contributed by atoms with van der Waals surface area (Å²) < 4.78 is 0. The molecule has 2 atom stereocenters. The molecule has 0 radical (unpaired) electrons. The van der Waals surface area contributed by atoms with Crippen LogP contribution in [-0.4, -0.2) is 34.0 Å². The molecule has 8 nitrogen and oxygen atoms in total. The summed E-state index contributed by atoms with van der Waals surface area (Å²) in [6.45, 7) is 5.47. The van der Waals surface area contributed by atoms with E-state index in [0.717, 1.165) is 15.6 Å². The van der Waals surface area contributed by atoms with Gasteiger partial charge in [-0.2, -0.15) is 0 Å². The molecule has 0 fully saturated rings. The second-order valence-electron chi connectivity index (χ2n) is 4.58. The van der Waals surface area contributed by atoms with Gasteiger partial charge < -0.3 is 21.5 Å². The Hall–Kier alpha value is -2.16. The van der Waals surface area contributed by atoms with Crippen LogP contribution in [0.4, 0.5) is 4.79 Å². The fourth-order valence-electron chi connectivity index (χ4n) is 1.81. The molecule has 9 heteroatoms. The van der Waals surface area contributed by atoms with Crippen LogP contribution in [0, 0.1) is 13.8 Å². The van der Waals surface area contributed by atoms with Crippen LogP contribution < -0.4 is 16.4 Å². The lowest BCUT2D eigenvalue weighted by atomic mass is 10.2. The molecule has 0 bridgehead atoms. The van der Waals surface area contributed by atoms with Crippen LogP contribution in [-0.2, 0) is 9.59 Å². The zero-order chi connectivity index (χ0) is 16.2. The molecule has 116 valence electrons. The Labute approximate surface area is 125 Å². The van der Waals surface area contributed by atoms with E-state index in [-0.39, 0.29) is 6.04 Å². The molecule has 0 saturated carbocycles. The third-order valence-corrected chi connectivity index (χ3v) is 3.94. The molecule has 0 saturated heterocycles. The number of carboxylic acid groups (broad SMARTS) is 1. The van der Waals surface area contributed by atoms with E-state index in [2.05, 4.69) is 15.6 Å². The molecule has 0 aliphatic heterocycles. The number of hydrogen-bond donors (Lipinski definition) is 4. The molecular formula is C12H18N4O4S. The van der Waals surface area contributed by atoms with Crippen LogP contribution >= 0.6 is 11.3 Å². The minimum absolute atomic E-state index is 0.320. The Balaban J connectivity index is 2.65. The Morgan fingerprint density at radius 2 is 1.95 bits per heavy atom. The Morgan fingerprint density at radius 3 is 2.38 bits per heavy atom. The number of nitrogens with zero attached hydrogens (tertiary/aromatic N) is 1. The highest BCUT2D eigenvalue weighted by atomic mass is 32.1. The summed E-state index contributed by atoms with van der Waals surface area (Å²) in [5.41, 5.74) is 5.76. The highest BCUT2D eigenvalue weighted by Crippen LogP contribution is 2.24. The normalized spacial score (nSPS) is 13.3. The van der Waals surface area contributed by atoms with Gasteiger partial charge in [0.15, 0.2) is 0 Å². The molecule has 2 unspecified atom stereocenters. The average Bonchev–Trinajstić information content (AvgIpc) is 2.66. The number of urea groups is 1. The first-order chi connectivity index (χ1) is 9.70. The fraction of sp³-hybridized carbons (Fsp3) is 0.500. The van der Waals surface area contributed by atoms with Crippen molar-refractivity contribution >= 4 is 29.2 Å². The van der Waals surface area contributed by atoms with Crippen LogP contribution in [0.25, 0.3) is 0 Å². The van der Waals surface area contributed by atoms with Crippen molar-refractivity contribution in [1.29, 1.82) is 0 Å². The van der Waals surface area contributed by atoms with E-state index in [4.69, 9.17) is 10.8 Å². The number of carboxylic acids is 1. The summed E-state index contributed by atoms with van der Waals surface area (Å²) in [5.74, 6) is -2.12. The molecule has 1 aromatic rings. The highest BCUT2D eigenvalue weighted by Gasteiger charge is 2.23. The quantitative estimate of drug-likeness (QED) is 0.604. The predicted octanol–water partition coefficient (Wildman–Crippen LogP) is 0.449. The number of primary amides is 1. The maximum absolute atomic E-state index is 11.8. The van der Waals surface area contributed by atoms with Crippen molar-refractivity contribution in [2.75, 3.05) is 0 Å². The van der Waals surface area contributed by atoms with E-state index in [9.17, 15) is 14.4 Å². The average molecular weight is 314 g/mol. The summed E-state index contributed by atoms with van der Waals surface area (Å²) in [6, 6.07) is -2.35. The third-order valence-electron chi connectivity index (χ3n) is 2.69. The first kappa shape index (κ1) is 16.9. The van der Waals surface area contributed by atoms with Crippen molar-refractivity contribution in [1.82, 2.24) is 15.6 Å². The van der Waals surface area contributed by atoms with Crippen LogP contribution in [0.15, 0.2) is 0 Å². The molecule has 0 spiro atoms. The van der Waals surface area contributed by atoms with Gasteiger partial charge in [-0.3, -0.25) is 4.79 Å². The first-order valence-corrected chi connectivity index (χ1v) is 7.04. The second kappa shape index (κ2) is 7.02. The summed E-state index contributed by atoms with van der Waals surface area (Å²) in [6.07, 6.45) is -0.462. The van der Waals surface area contributed by atoms with E-state index in [1.807, 2.05) is 13.8 Å². The fourth-order valence-corrected chi connectivity index (χ4v) is 2.74. The number of amides is 3. The number of carbonyl (C=O) groups excluding carboxylic acids is 2. The lowest BCUT2D eigenvalue weighted by Crippen LogP contribution is -2.48. The second-order valence-corrected chi connectivity index (χ2v) is 5.82. The number of aromatic nitrogens is 1. The maximum Gasteiger partial charge on any atom is 0.326 e. The molecule has 3 amide bonds. The number of rotatable bonds is 6. The molecule has 5 N–H and O–H groups in total. The van der Waals surface area contributed by atoms with Crippen molar-refractivity contribution < 1.29 is 19.5 Å². The molecule has 0 aliphatic rings. The zero-order valence-electron chi connectivity index (χ0n) is 12.0. The predicted molar refractivity (Wildman–Crippen MR) is 76.9 cm³/mol. The third kappa shape index (κ3) is 5.03. The first-order valence-electron chi connectivity index (χ1n) is 6.22. The Kier molecular flexibility index (Phi) is 5.65. The topological polar surface area (TPSA) is 134 Å². The van der Waals surface area contributed by atoms with E-state index in [0.29, 0.717) is 0 Å². The van der Waals surface area contributed by atoms with E-state index in [1.54, 1.807) is 6.92 Å². The van der Waals surface area contributed by atoms with Crippen LogP contribution in [0.3, 0.4) is 0 Å². The van der Waals surface area contributed by atoms with Gasteiger partial charge in [0, 0.05) is 4.88 Å². The van der Waals surface area contributed by atoms with E-state index in [1.165, 1.54) is 11.3 Å². The van der Waals surface area contributed by atoms with Crippen molar-refractivity contribution in [3.05, 3.63) is 15.6 Å². The van der Waals surface area contributed by atoms with Gasteiger partial charge in [-0.15, -0.1) is 11.3 Å². The zero-order valence-corrected chi connectivity index (χ0v) is 12.8. The number of carbonyl (C=O) groups is 3. The summed E-state index contributed by atoms with van der Waals surface area (Å²) >= 11 is 1.46. The van der Waals surface area contributed by atoms with Gasteiger partial charge in [0.05, 0.1) is 23.2 Å². The number of nitrogens with one attached hydrogen (secondary N) is 2. The van der Waals surface area contributed by atoms with Crippen molar-refractivity contribution in [3.63, 3.8) is 0 Å². The SMILES string of the molecule is Cc1nc(C)c(C(C)NC(=O)NC(CC(N)=O)C(=O)O)s1. The van der Waals surface area contributed by atoms with Gasteiger partial charge in [-0.05, 0) is 20.8 Å². The van der Waals surface area contributed by atoms with Gasteiger partial charge >= 0.3 is 12.0 Å². The molecular weight excluding hydrogens is 296 g/mol. The number of nitrogens with two attached hydrogens (primary N) is 1. The minimum Gasteiger partial charge on any atom is -0.480 e. The number of aliphatic carboxylic acids is 1. The number of aryl methyl sites for hydroxylation is 2. The highest BCUT2D eigenvalue weighted by molar-refractivity contribution is 7.11. The van der Waals surface area contributed by atoms with Crippen molar-refractivity contribution in [2.45, 2.75) is 39.3 Å². The van der Waals surface area contributed by atoms with Crippen LogP contribution in [0.5, 0.6) is 0 Å². The smallest absolute Gasteiger partial charge is 0.326 e. The van der Waals surface area contributed by atoms with Gasteiger partial charge in [0.2, 0.25) is 5.91 Å². The lowest BCUT2D eigenvalue weighted by Gasteiger charge is -2.17. The van der Waals surface area contributed by atoms with Crippen molar-refractivity contribution in [3.8, 4) is 0 Å². The van der Waals surface area contributed by atoms with Crippen LogP contribution in [0.1, 0.15) is 35.0 Å². The van der Waals surface area contributed by atoms with Gasteiger partial charge in [-0.1, -0.05) is 0 Å². The lowest BCUT2D eigenvalue weighted by molar-refractivity contribution is -0.140. The molecule has 1 rings (SSSR count). The van der Waals surface area contributed by atoms with Crippen molar-refractivity contribution in [2.24, 2.45) is 5.73 Å². The standard InChI is InChI=1S/C12H18N4O4S/c1-5-10(21-7(3)14-5)6(2)15-12(20)16-8(11(18)19)4-9(13)17/h6,8H,4H2,1-3H3,(H2,13,17)(H,18,19)(H2,15,16,20). The molecule has 1 aromatic heterocycles. The Morgan fingerprint density at radius 1 is 1.33 bits per heavy atom. The van der Waals surface area contributed by atoms with Crippen LogP contribution in [0.2, 0.25) is 0 Å². The summed E-state index contributed by atoms with van der Waals surface area (Å²) in [4.78, 5) is 38.6. The summed E-state index contributed by atoms with van der Waals surface area (Å²) in [5, 5.41) is 14.6.